The summed E-state index contributed by atoms with van der Waals surface area (Å²) in [5.41, 5.74) is 5.06. The van der Waals surface area contributed by atoms with Crippen LogP contribution in [0.5, 0.6) is 5.75 Å². The lowest BCUT2D eigenvalue weighted by Crippen LogP contribution is -2.09. The molecule has 0 aliphatic carbocycles. The largest absolute Gasteiger partial charge is 0.496 e. The Morgan fingerprint density at radius 2 is 2.00 bits per heavy atom. The normalized spacial score (nSPS) is 11.6. The summed E-state index contributed by atoms with van der Waals surface area (Å²) >= 11 is 1.91. The molecular formula is C9H9F3INO. The number of hydrogen-bond donors (Lipinski definition) is 1. The molecule has 0 aromatic heterocycles. The molecule has 1 aromatic carbocycles. The fourth-order valence-electron chi connectivity index (χ4n) is 1.12. The predicted octanol–water partition coefficient (Wildman–Crippen LogP) is 2.78. The van der Waals surface area contributed by atoms with Gasteiger partial charge in [-0.15, -0.1) is 0 Å². The van der Waals surface area contributed by atoms with Gasteiger partial charge in [0.2, 0.25) is 0 Å². The molecule has 0 saturated carbocycles. The maximum atomic E-state index is 12.5. The summed E-state index contributed by atoms with van der Waals surface area (Å²) in [6.45, 7) is 0.0541. The van der Waals surface area contributed by atoms with Crippen LogP contribution in [-0.2, 0) is 12.7 Å². The van der Waals surface area contributed by atoms with E-state index in [-0.39, 0.29) is 12.3 Å². The molecule has 0 unspecified atom stereocenters. The van der Waals surface area contributed by atoms with Crippen LogP contribution < -0.4 is 10.5 Å². The first-order valence-corrected chi connectivity index (χ1v) is 5.11. The highest BCUT2D eigenvalue weighted by molar-refractivity contribution is 14.1. The fraction of sp³-hybridized carbons (Fsp3) is 0.333. The summed E-state index contributed by atoms with van der Waals surface area (Å²) in [6, 6.07) is 2.02. The van der Waals surface area contributed by atoms with Gasteiger partial charge in [-0.1, -0.05) is 0 Å². The Labute approximate surface area is 98.7 Å². The molecule has 0 heterocycles. The number of nitrogens with two attached hydrogens (primary N) is 1. The van der Waals surface area contributed by atoms with E-state index in [9.17, 15) is 13.2 Å². The molecule has 2 nitrogen and oxygen atoms in total. The molecule has 15 heavy (non-hydrogen) atoms. The SMILES string of the molecule is COc1cc(C(F)(F)F)cc(CN)c1I. The van der Waals surface area contributed by atoms with Gasteiger partial charge in [-0.2, -0.15) is 13.2 Å². The van der Waals surface area contributed by atoms with Crippen molar-refractivity contribution >= 4 is 22.6 Å². The monoisotopic (exact) mass is 331 g/mol. The van der Waals surface area contributed by atoms with Crippen LogP contribution in [0.3, 0.4) is 0 Å². The van der Waals surface area contributed by atoms with Gasteiger partial charge in [-0.3, -0.25) is 0 Å². The van der Waals surface area contributed by atoms with Crippen LogP contribution in [0.4, 0.5) is 13.2 Å². The van der Waals surface area contributed by atoms with Crippen molar-refractivity contribution in [2.75, 3.05) is 7.11 Å². The molecule has 0 fully saturated rings. The van der Waals surface area contributed by atoms with E-state index in [1.807, 2.05) is 22.6 Å². The molecule has 0 saturated heterocycles. The van der Waals surface area contributed by atoms with E-state index < -0.39 is 11.7 Å². The maximum Gasteiger partial charge on any atom is 0.416 e. The number of rotatable bonds is 2. The van der Waals surface area contributed by atoms with E-state index >= 15 is 0 Å². The fourth-order valence-corrected chi connectivity index (χ4v) is 1.87. The van der Waals surface area contributed by atoms with E-state index in [4.69, 9.17) is 10.5 Å². The Morgan fingerprint density at radius 3 is 2.40 bits per heavy atom. The average molecular weight is 331 g/mol. The van der Waals surface area contributed by atoms with Gasteiger partial charge in [0.25, 0.3) is 0 Å². The Kier molecular flexibility index (Phi) is 3.82. The van der Waals surface area contributed by atoms with Crippen LogP contribution in [0.2, 0.25) is 0 Å². The number of alkyl halides is 3. The first-order valence-electron chi connectivity index (χ1n) is 4.03. The highest BCUT2D eigenvalue weighted by Gasteiger charge is 2.32. The van der Waals surface area contributed by atoms with E-state index in [1.165, 1.54) is 7.11 Å². The van der Waals surface area contributed by atoms with Gasteiger partial charge in [0.15, 0.2) is 0 Å². The van der Waals surface area contributed by atoms with Crippen molar-refractivity contribution in [3.05, 3.63) is 26.8 Å². The first kappa shape index (κ1) is 12.6. The lowest BCUT2D eigenvalue weighted by Gasteiger charge is -2.13. The van der Waals surface area contributed by atoms with E-state index in [0.29, 0.717) is 9.13 Å². The number of hydrogen-bond acceptors (Lipinski definition) is 2. The van der Waals surface area contributed by atoms with Gasteiger partial charge in [0.05, 0.1) is 16.2 Å². The van der Waals surface area contributed by atoms with Crippen molar-refractivity contribution in [3.63, 3.8) is 0 Å². The van der Waals surface area contributed by atoms with Gasteiger partial charge in [0.1, 0.15) is 5.75 Å². The van der Waals surface area contributed by atoms with Crippen molar-refractivity contribution in [1.29, 1.82) is 0 Å². The summed E-state index contributed by atoms with van der Waals surface area (Å²) in [7, 11) is 1.33. The summed E-state index contributed by atoms with van der Waals surface area (Å²) < 4.78 is 42.8. The minimum absolute atomic E-state index is 0.0541. The molecular weight excluding hydrogens is 322 g/mol. The van der Waals surface area contributed by atoms with Crippen LogP contribution in [0.25, 0.3) is 0 Å². The average Bonchev–Trinajstić information content (AvgIpc) is 2.16. The number of halogens is 4. The molecule has 0 aliphatic rings. The van der Waals surface area contributed by atoms with E-state index in [0.717, 1.165) is 12.1 Å². The molecule has 84 valence electrons. The second-order valence-corrected chi connectivity index (χ2v) is 3.93. The Morgan fingerprint density at radius 1 is 1.40 bits per heavy atom. The molecule has 6 heteroatoms. The second kappa shape index (κ2) is 4.56. The third kappa shape index (κ3) is 2.75. The van der Waals surface area contributed by atoms with Gasteiger partial charge in [-0.25, -0.2) is 0 Å². The predicted molar refractivity (Wildman–Crippen MR) is 58.6 cm³/mol. The molecule has 0 bridgehead atoms. The molecule has 0 spiro atoms. The second-order valence-electron chi connectivity index (χ2n) is 2.85. The standard InChI is InChI=1S/C9H9F3INO/c1-15-7-3-6(9(10,11)12)2-5(4-14)8(7)13/h2-3H,4,14H2,1H3. The lowest BCUT2D eigenvalue weighted by molar-refractivity contribution is -0.137. The topological polar surface area (TPSA) is 35.2 Å². The van der Waals surface area contributed by atoms with Crippen LogP contribution >= 0.6 is 22.6 Å². The Bertz CT molecular complexity index is 340. The highest BCUT2D eigenvalue weighted by Crippen LogP contribution is 2.35. The third-order valence-corrected chi connectivity index (χ3v) is 3.11. The number of ether oxygens (including phenoxy) is 1. The van der Waals surface area contributed by atoms with E-state index in [1.54, 1.807) is 0 Å². The minimum atomic E-state index is -4.37. The lowest BCUT2D eigenvalue weighted by atomic mass is 10.1. The van der Waals surface area contributed by atoms with Crippen molar-refractivity contribution in [2.45, 2.75) is 12.7 Å². The van der Waals surface area contributed by atoms with Gasteiger partial charge < -0.3 is 10.5 Å². The molecule has 0 amide bonds. The van der Waals surface area contributed by atoms with Gasteiger partial charge in [0, 0.05) is 6.54 Å². The quantitative estimate of drug-likeness (QED) is 0.846. The van der Waals surface area contributed by atoms with Crippen LogP contribution in [0.1, 0.15) is 11.1 Å². The first-order chi connectivity index (χ1) is 6.90. The Balaban J connectivity index is 3.33. The Hall–Kier alpha value is -0.500. The van der Waals surface area contributed by atoms with Crippen LogP contribution in [-0.4, -0.2) is 7.11 Å². The van der Waals surface area contributed by atoms with Crippen LogP contribution in [0.15, 0.2) is 12.1 Å². The molecule has 0 aliphatic heterocycles. The molecule has 1 aromatic rings. The van der Waals surface area contributed by atoms with Gasteiger partial charge >= 0.3 is 6.18 Å². The van der Waals surface area contributed by atoms with Gasteiger partial charge in [-0.05, 0) is 40.3 Å². The number of benzene rings is 1. The van der Waals surface area contributed by atoms with Crippen molar-refractivity contribution < 1.29 is 17.9 Å². The zero-order valence-electron chi connectivity index (χ0n) is 7.86. The maximum absolute atomic E-state index is 12.5. The zero-order valence-corrected chi connectivity index (χ0v) is 10.0. The minimum Gasteiger partial charge on any atom is -0.496 e. The molecule has 1 rings (SSSR count). The van der Waals surface area contributed by atoms with Crippen LogP contribution in [0, 0.1) is 3.57 Å². The summed E-state index contributed by atoms with van der Waals surface area (Å²) in [5.74, 6) is 0.200. The van der Waals surface area contributed by atoms with Crippen molar-refractivity contribution in [2.24, 2.45) is 5.73 Å². The summed E-state index contributed by atoms with van der Waals surface area (Å²) in [5, 5.41) is 0. The zero-order chi connectivity index (χ0) is 11.6. The number of methoxy groups -OCH3 is 1. The van der Waals surface area contributed by atoms with E-state index in [2.05, 4.69) is 0 Å². The van der Waals surface area contributed by atoms with Crippen molar-refractivity contribution in [1.82, 2.24) is 0 Å². The summed E-state index contributed by atoms with van der Waals surface area (Å²) in [6.07, 6.45) is -4.37. The van der Waals surface area contributed by atoms with Crippen molar-refractivity contribution in [3.8, 4) is 5.75 Å². The highest BCUT2D eigenvalue weighted by atomic mass is 127. The molecule has 2 N–H and O–H groups in total. The molecule has 0 atom stereocenters. The molecule has 0 radical (unpaired) electrons. The summed E-state index contributed by atoms with van der Waals surface area (Å²) in [4.78, 5) is 0. The smallest absolute Gasteiger partial charge is 0.416 e. The third-order valence-electron chi connectivity index (χ3n) is 1.88.